The third-order valence-electron chi connectivity index (χ3n) is 3.73. The van der Waals surface area contributed by atoms with Gasteiger partial charge in [0.1, 0.15) is 0 Å². The highest BCUT2D eigenvalue weighted by Gasteiger charge is 2.26. The number of likely N-dealkylation sites (tertiary alicyclic amines) is 1. The van der Waals surface area contributed by atoms with Gasteiger partial charge in [-0.15, -0.1) is 0 Å². The lowest BCUT2D eigenvalue weighted by atomic mass is 9.89. The van der Waals surface area contributed by atoms with Gasteiger partial charge in [-0.1, -0.05) is 13.8 Å². The van der Waals surface area contributed by atoms with Gasteiger partial charge in [-0.25, -0.2) is 4.98 Å². The number of ether oxygens (including phenoxy) is 1. The first-order valence-electron chi connectivity index (χ1n) is 7.16. The van der Waals surface area contributed by atoms with Crippen LogP contribution in [0.15, 0.2) is 18.3 Å². The van der Waals surface area contributed by atoms with Crippen LogP contribution in [0, 0.1) is 11.8 Å². The lowest BCUT2D eigenvalue weighted by Gasteiger charge is -2.32. The number of carbonyl (C=O) groups excluding carboxylic acids is 1. The molecule has 0 N–H and O–H groups in total. The number of Topliss-reactive ketones (excluding diaryl/α,β-unsaturated/α-hetero) is 1. The van der Waals surface area contributed by atoms with Crippen molar-refractivity contribution in [1.29, 1.82) is 0 Å². The van der Waals surface area contributed by atoms with Crippen molar-refractivity contribution in [2.75, 3.05) is 26.7 Å². The number of ketones is 1. The molecule has 0 bridgehead atoms. The van der Waals surface area contributed by atoms with Crippen LogP contribution >= 0.6 is 0 Å². The summed E-state index contributed by atoms with van der Waals surface area (Å²) in [6, 6.07) is 3.56. The topological polar surface area (TPSA) is 42.4 Å². The van der Waals surface area contributed by atoms with Crippen LogP contribution in [0.2, 0.25) is 0 Å². The predicted molar refractivity (Wildman–Crippen MR) is 78.9 cm³/mol. The summed E-state index contributed by atoms with van der Waals surface area (Å²) in [4.78, 5) is 19.0. The molecule has 0 unspecified atom stereocenters. The largest absolute Gasteiger partial charge is 0.481 e. The number of methoxy groups -OCH3 is 1. The molecular formula is C16H23N2O2. The molecule has 1 aromatic heterocycles. The molecular weight excluding hydrogens is 252 g/mol. The van der Waals surface area contributed by atoms with E-state index in [1.54, 1.807) is 19.4 Å². The molecule has 0 amide bonds. The molecule has 1 aliphatic rings. The normalized spacial score (nSPS) is 17.4. The monoisotopic (exact) mass is 275 g/mol. The van der Waals surface area contributed by atoms with Gasteiger partial charge in [-0.05, 0) is 37.9 Å². The van der Waals surface area contributed by atoms with Gasteiger partial charge in [0.25, 0.3) is 0 Å². The van der Waals surface area contributed by atoms with Gasteiger partial charge in [0.15, 0.2) is 5.78 Å². The fraction of sp³-hybridized carbons (Fsp3) is 0.562. The molecule has 20 heavy (non-hydrogen) atoms. The van der Waals surface area contributed by atoms with Crippen molar-refractivity contribution in [2.24, 2.45) is 5.92 Å². The molecule has 4 nitrogen and oxygen atoms in total. The summed E-state index contributed by atoms with van der Waals surface area (Å²) in [5.41, 5.74) is 0.697. The molecule has 2 rings (SSSR count). The minimum Gasteiger partial charge on any atom is -0.481 e. The van der Waals surface area contributed by atoms with Gasteiger partial charge in [-0.3, -0.25) is 4.79 Å². The summed E-state index contributed by atoms with van der Waals surface area (Å²) in [5.74, 6) is 2.33. The van der Waals surface area contributed by atoms with E-state index < -0.39 is 0 Å². The number of aromatic nitrogens is 1. The highest BCUT2D eigenvalue weighted by Crippen LogP contribution is 2.22. The number of rotatable bonds is 5. The molecule has 109 valence electrons. The van der Waals surface area contributed by atoms with Crippen LogP contribution in [-0.4, -0.2) is 42.4 Å². The number of hydrogen-bond donors (Lipinski definition) is 0. The Morgan fingerprint density at radius 1 is 1.35 bits per heavy atom. The third-order valence-corrected chi connectivity index (χ3v) is 3.73. The Morgan fingerprint density at radius 2 is 2.05 bits per heavy atom. The maximum absolute atomic E-state index is 12.4. The molecule has 4 heteroatoms. The lowest BCUT2D eigenvalue weighted by molar-refractivity contribution is 0.0843. The van der Waals surface area contributed by atoms with Crippen LogP contribution in [-0.2, 0) is 0 Å². The van der Waals surface area contributed by atoms with E-state index in [0.717, 1.165) is 32.5 Å². The van der Waals surface area contributed by atoms with Crippen LogP contribution in [0.4, 0.5) is 0 Å². The quantitative estimate of drug-likeness (QED) is 0.775. The first kappa shape index (κ1) is 15.0. The minimum atomic E-state index is 0.138. The summed E-state index contributed by atoms with van der Waals surface area (Å²) in [7, 11) is 1.58. The highest BCUT2D eigenvalue weighted by atomic mass is 16.5. The predicted octanol–water partition coefficient (Wildman–Crippen LogP) is 2.60. The second-order valence-electron chi connectivity index (χ2n) is 5.71. The van der Waals surface area contributed by atoms with Gasteiger partial charge in [0.2, 0.25) is 5.88 Å². The number of piperidine rings is 1. The maximum Gasteiger partial charge on any atom is 0.212 e. The molecule has 0 spiro atoms. The lowest BCUT2D eigenvalue weighted by Crippen LogP contribution is -2.38. The molecule has 0 atom stereocenters. The molecule has 1 aromatic rings. The number of hydrogen-bond acceptors (Lipinski definition) is 4. The molecule has 1 aliphatic heterocycles. The number of pyridine rings is 1. The Morgan fingerprint density at radius 3 is 2.55 bits per heavy atom. The Balaban J connectivity index is 1.90. The van der Waals surface area contributed by atoms with Crippen LogP contribution in [0.25, 0.3) is 0 Å². The fourth-order valence-corrected chi connectivity index (χ4v) is 2.68. The molecule has 0 saturated carbocycles. The summed E-state index contributed by atoms with van der Waals surface area (Å²) >= 11 is 0. The molecule has 0 aromatic carbocycles. The summed E-state index contributed by atoms with van der Waals surface area (Å²) in [6.45, 7) is 7.36. The maximum atomic E-state index is 12.4. The Kier molecular flexibility index (Phi) is 5.12. The van der Waals surface area contributed by atoms with Gasteiger partial charge >= 0.3 is 0 Å². The molecule has 1 saturated heterocycles. The van der Waals surface area contributed by atoms with Crippen LogP contribution in [0.1, 0.15) is 37.0 Å². The van der Waals surface area contributed by atoms with Crippen molar-refractivity contribution in [3.8, 4) is 5.88 Å². The van der Waals surface area contributed by atoms with Crippen molar-refractivity contribution < 1.29 is 9.53 Å². The molecule has 2 heterocycles. The number of nitrogens with zero attached hydrogens (tertiary/aromatic N) is 2. The average Bonchev–Trinajstić information content (AvgIpc) is 2.47. The van der Waals surface area contributed by atoms with Crippen molar-refractivity contribution in [2.45, 2.75) is 26.7 Å². The zero-order chi connectivity index (χ0) is 14.5. The Bertz CT molecular complexity index is 434. The molecule has 0 aliphatic carbocycles. The van der Waals surface area contributed by atoms with E-state index in [1.165, 1.54) is 5.92 Å². The Labute approximate surface area is 121 Å². The third kappa shape index (κ3) is 3.79. The standard InChI is InChI=1S/C16H23N2O2/c1-12(2)11-18-8-6-13(7-9-18)16(19)14-4-5-15(20-3)17-10-14/h4-5,10,13H,6-9,11H2,1-3H3. The van der Waals surface area contributed by atoms with Crippen molar-refractivity contribution in [3.63, 3.8) is 0 Å². The van der Waals surface area contributed by atoms with Gasteiger partial charge in [-0.2, -0.15) is 0 Å². The van der Waals surface area contributed by atoms with E-state index in [1.807, 2.05) is 6.07 Å². The van der Waals surface area contributed by atoms with E-state index in [2.05, 4.69) is 23.7 Å². The second kappa shape index (κ2) is 6.84. The smallest absolute Gasteiger partial charge is 0.212 e. The minimum absolute atomic E-state index is 0.138. The van der Waals surface area contributed by atoms with E-state index in [0.29, 0.717) is 11.4 Å². The van der Waals surface area contributed by atoms with Crippen molar-refractivity contribution >= 4 is 5.78 Å². The molecule has 1 radical (unpaired) electrons. The Hall–Kier alpha value is -1.42. The summed E-state index contributed by atoms with van der Waals surface area (Å²) < 4.78 is 5.01. The SMILES string of the molecule is COc1ccc(C(=O)C2CCN(C[C](C)C)CC2)cn1. The second-order valence-corrected chi connectivity index (χ2v) is 5.71. The van der Waals surface area contributed by atoms with E-state index in [-0.39, 0.29) is 11.7 Å². The van der Waals surface area contributed by atoms with Crippen molar-refractivity contribution in [1.82, 2.24) is 9.88 Å². The fourth-order valence-electron chi connectivity index (χ4n) is 2.68. The summed E-state index contributed by atoms with van der Waals surface area (Å²) in [6.07, 6.45) is 3.51. The summed E-state index contributed by atoms with van der Waals surface area (Å²) in [5, 5.41) is 0. The van der Waals surface area contributed by atoms with E-state index in [9.17, 15) is 4.79 Å². The zero-order valence-corrected chi connectivity index (χ0v) is 12.6. The van der Waals surface area contributed by atoms with Crippen LogP contribution < -0.4 is 4.74 Å². The number of carbonyl (C=O) groups is 1. The highest BCUT2D eigenvalue weighted by molar-refractivity contribution is 5.97. The van der Waals surface area contributed by atoms with Gasteiger partial charge < -0.3 is 9.64 Å². The van der Waals surface area contributed by atoms with Crippen LogP contribution in [0.3, 0.4) is 0 Å². The van der Waals surface area contributed by atoms with Crippen LogP contribution in [0.5, 0.6) is 5.88 Å². The zero-order valence-electron chi connectivity index (χ0n) is 12.6. The van der Waals surface area contributed by atoms with E-state index in [4.69, 9.17) is 4.74 Å². The first-order chi connectivity index (χ1) is 9.60. The van der Waals surface area contributed by atoms with E-state index >= 15 is 0 Å². The van der Waals surface area contributed by atoms with Gasteiger partial charge in [0.05, 0.1) is 7.11 Å². The first-order valence-corrected chi connectivity index (χ1v) is 7.16. The van der Waals surface area contributed by atoms with Crippen molar-refractivity contribution in [3.05, 3.63) is 29.8 Å². The average molecular weight is 275 g/mol. The molecule has 1 fully saturated rings. The van der Waals surface area contributed by atoms with Gasteiger partial charge in [0, 0.05) is 30.3 Å².